The number of benzene rings is 3. The molecule has 0 aromatic heterocycles. The summed E-state index contributed by atoms with van der Waals surface area (Å²) in [5, 5.41) is 2.59. The number of carbonyl (C=O) groups excluding carboxylic acids is 1. The van der Waals surface area contributed by atoms with Gasteiger partial charge in [-0.3, -0.25) is 9.69 Å². The third-order valence-corrected chi connectivity index (χ3v) is 6.48. The second-order valence-electron chi connectivity index (χ2n) is 9.12. The average Bonchev–Trinajstić information content (AvgIpc) is 3.04. The van der Waals surface area contributed by atoms with Gasteiger partial charge in [-0.05, 0) is 43.5 Å². The van der Waals surface area contributed by atoms with Gasteiger partial charge in [-0.15, -0.1) is 0 Å². The first-order valence-electron chi connectivity index (χ1n) is 11.8. The second-order valence-corrected chi connectivity index (χ2v) is 9.12. The van der Waals surface area contributed by atoms with Gasteiger partial charge in [0.25, 0.3) is 0 Å². The predicted molar refractivity (Wildman–Crippen MR) is 140 cm³/mol. The molecule has 4 rings (SSSR count). The van der Waals surface area contributed by atoms with E-state index in [0.29, 0.717) is 0 Å². The Kier molecular flexibility index (Phi) is 6.60. The lowest BCUT2D eigenvalue weighted by Gasteiger charge is -2.16. The Hall–Kier alpha value is -3.46. The minimum absolute atomic E-state index is 0.0110. The van der Waals surface area contributed by atoms with Gasteiger partial charge in [0.2, 0.25) is 11.6 Å². The molecule has 1 aliphatic heterocycles. The normalized spacial score (nSPS) is 15.0. The van der Waals surface area contributed by atoms with E-state index < -0.39 is 0 Å². The largest absolute Gasteiger partial charge is 0.288 e. The molecule has 1 heterocycles. The van der Waals surface area contributed by atoms with Crippen LogP contribution in [0.2, 0.25) is 0 Å². The monoisotopic (exact) mass is 437 g/mol. The molecule has 3 aromatic rings. The molecule has 1 aliphatic rings. The summed E-state index contributed by atoms with van der Waals surface area (Å²) >= 11 is 0. The summed E-state index contributed by atoms with van der Waals surface area (Å²) in [5.41, 5.74) is 4.77. The number of para-hydroxylation sites is 1. The standard InChI is InChI=1S/C30H33N2O/c1-5-6-21-32-28(18-12-13-22-31(23(2)33)25-15-8-7-9-16-25)30(3,4)27-20-19-24-14-10-11-17-26(24)29(27)32/h7-20,22H,5-6,21H2,1-4H3/q+1. The van der Waals surface area contributed by atoms with E-state index >= 15 is 0 Å². The molecule has 0 saturated carbocycles. The highest BCUT2D eigenvalue weighted by molar-refractivity contribution is 6.07. The van der Waals surface area contributed by atoms with Crippen LogP contribution in [-0.2, 0) is 10.2 Å². The van der Waals surface area contributed by atoms with Gasteiger partial charge in [0.1, 0.15) is 6.54 Å². The molecule has 168 valence electrons. The van der Waals surface area contributed by atoms with Gasteiger partial charge in [0.15, 0.2) is 5.71 Å². The first kappa shape index (κ1) is 22.7. The van der Waals surface area contributed by atoms with Crippen LogP contribution in [0.3, 0.4) is 0 Å². The van der Waals surface area contributed by atoms with Gasteiger partial charge in [-0.2, -0.15) is 4.58 Å². The number of carbonyl (C=O) groups is 1. The average molecular weight is 438 g/mol. The molecule has 0 saturated heterocycles. The molecule has 0 spiro atoms. The third-order valence-electron chi connectivity index (χ3n) is 6.48. The maximum Gasteiger partial charge on any atom is 0.227 e. The summed E-state index contributed by atoms with van der Waals surface area (Å²) < 4.78 is 2.51. The molecule has 0 radical (unpaired) electrons. The molecule has 3 nitrogen and oxygen atoms in total. The summed E-state index contributed by atoms with van der Waals surface area (Å²) in [5.74, 6) is -0.0110. The van der Waals surface area contributed by atoms with Gasteiger partial charge in [-0.1, -0.05) is 68.0 Å². The fourth-order valence-electron chi connectivity index (χ4n) is 4.74. The van der Waals surface area contributed by atoms with Crippen LogP contribution in [0.5, 0.6) is 0 Å². The van der Waals surface area contributed by atoms with Crippen LogP contribution in [0.4, 0.5) is 11.4 Å². The molecule has 0 bridgehead atoms. The Labute approximate surface area is 197 Å². The lowest BCUT2D eigenvalue weighted by atomic mass is 9.80. The number of fused-ring (bicyclic) bond motifs is 3. The molecule has 3 heteroatoms. The predicted octanol–water partition coefficient (Wildman–Crippen LogP) is 7.14. The summed E-state index contributed by atoms with van der Waals surface area (Å²) in [7, 11) is 0. The molecule has 0 aliphatic carbocycles. The quantitative estimate of drug-likeness (QED) is 0.285. The van der Waals surface area contributed by atoms with Gasteiger partial charge < -0.3 is 0 Å². The zero-order valence-corrected chi connectivity index (χ0v) is 20.1. The minimum Gasteiger partial charge on any atom is -0.288 e. The maximum atomic E-state index is 12.2. The van der Waals surface area contributed by atoms with E-state index in [1.807, 2.05) is 42.6 Å². The summed E-state index contributed by atoms with van der Waals surface area (Å²) in [4.78, 5) is 13.9. The SMILES string of the molecule is CCCC[N+]1=C(C=CC=CN(C(C)=O)c2ccccc2)C(C)(C)c2ccc3ccccc3c21. The van der Waals surface area contributed by atoms with Crippen molar-refractivity contribution in [3.63, 3.8) is 0 Å². The number of hydrogen-bond donors (Lipinski definition) is 0. The van der Waals surface area contributed by atoms with Crippen LogP contribution < -0.4 is 4.90 Å². The molecule has 33 heavy (non-hydrogen) atoms. The highest BCUT2D eigenvalue weighted by atomic mass is 16.2. The van der Waals surface area contributed by atoms with Crippen LogP contribution in [0.1, 0.15) is 46.1 Å². The van der Waals surface area contributed by atoms with Crippen LogP contribution in [0, 0.1) is 0 Å². The summed E-state index contributed by atoms with van der Waals surface area (Å²) in [6.45, 7) is 9.44. The molecule has 0 fully saturated rings. The second kappa shape index (κ2) is 9.58. The summed E-state index contributed by atoms with van der Waals surface area (Å²) in [6, 6.07) is 22.9. The number of anilines is 1. The van der Waals surface area contributed by atoms with Crippen molar-refractivity contribution in [1.29, 1.82) is 0 Å². The Morgan fingerprint density at radius 2 is 1.70 bits per heavy atom. The first-order valence-corrected chi connectivity index (χ1v) is 11.8. The number of nitrogens with zero attached hydrogens (tertiary/aromatic N) is 2. The molecular formula is C30H33N2O+. The topological polar surface area (TPSA) is 23.3 Å². The van der Waals surface area contributed by atoms with Crippen LogP contribution in [-0.4, -0.2) is 22.7 Å². The number of unbranched alkanes of at least 4 members (excludes halogenated alkanes) is 1. The van der Waals surface area contributed by atoms with Gasteiger partial charge in [-0.25, -0.2) is 0 Å². The smallest absolute Gasteiger partial charge is 0.227 e. The Bertz CT molecular complexity index is 1250. The van der Waals surface area contributed by atoms with Crippen molar-refractivity contribution in [1.82, 2.24) is 0 Å². The minimum atomic E-state index is -0.100. The van der Waals surface area contributed by atoms with Crippen molar-refractivity contribution in [3.8, 4) is 0 Å². The van der Waals surface area contributed by atoms with Crippen molar-refractivity contribution in [3.05, 3.63) is 96.7 Å². The van der Waals surface area contributed by atoms with E-state index in [-0.39, 0.29) is 11.3 Å². The maximum absolute atomic E-state index is 12.2. The van der Waals surface area contributed by atoms with E-state index in [0.717, 1.165) is 25.1 Å². The van der Waals surface area contributed by atoms with Gasteiger partial charge in [0.05, 0.1) is 10.8 Å². The molecule has 3 aromatic carbocycles. The highest BCUT2D eigenvalue weighted by Crippen LogP contribution is 2.44. The van der Waals surface area contributed by atoms with Crippen LogP contribution in [0.25, 0.3) is 10.8 Å². The van der Waals surface area contributed by atoms with Gasteiger partial charge in [0, 0.05) is 36.9 Å². The molecular weight excluding hydrogens is 404 g/mol. The van der Waals surface area contributed by atoms with E-state index in [4.69, 9.17) is 0 Å². The Morgan fingerprint density at radius 1 is 0.970 bits per heavy atom. The van der Waals surface area contributed by atoms with Crippen LogP contribution >= 0.6 is 0 Å². The van der Waals surface area contributed by atoms with E-state index in [2.05, 4.69) is 73.9 Å². The lowest BCUT2D eigenvalue weighted by Crippen LogP contribution is -2.27. The third kappa shape index (κ3) is 4.41. The van der Waals surface area contributed by atoms with E-state index in [9.17, 15) is 4.79 Å². The zero-order valence-electron chi connectivity index (χ0n) is 20.1. The van der Waals surface area contributed by atoms with Crippen molar-refractivity contribution in [2.45, 2.75) is 46.0 Å². The molecule has 0 atom stereocenters. The lowest BCUT2D eigenvalue weighted by molar-refractivity contribution is -0.436. The number of rotatable bonds is 7. The summed E-state index contributed by atoms with van der Waals surface area (Å²) in [6.07, 6.45) is 10.4. The molecule has 1 amide bonds. The van der Waals surface area contributed by atoms with E-state index in [1.165, 1.54) is 27.7 Å². The fourth-order valence-corrected chi connectivity index (χ4v) is 4.74. The van der Waals surface area contributed by atoms with Crippen molar-refractivity contribution < 1.29 is 9.37 Å². The van der Waals surface area contributed by atoms with E-state index in [1.54, 1.807) is 11.8 Å². The van der Waals surface area contributed by atoms with Crippen molar-refractivity contribution in [2.24, 2.45) is 0 Å². The Balaban J connectivity index is 1.73. The molecule has 0 unspecified atom stereocenters. The number of hydrogen-bond acceptors (Lipinski definition) is 1. The fraction of sp³-hybridized carbons (Fsp3) is 0.267. The van der Waals surface area contributed by atoms with Crippen molar-refractivity contribution in [2.75, 3.05) is 11.4 Å². The molecule has 0 N–H and O–H groups in total. The zero-order chi connectivity index (χ0) is 23.4. The Morgan fingerprint density at radius 3 is 2.42 bits per heavy atom. The number of allylic oxidation sites excluding steroid dienone is 3. The first-order chi connectivity index (χ1) is 15.9. The number of amides is 1. The van der Waals surface area contributed by atoms with Crippen molar-refractivity contribution >= 4 is 33.8 Å². The van der Waals surface area contributed by atoms with Gasteiger partial charge >= 0.3 is 0 Å². The van der Waals surface area contributed by atoms with Crippen LogP contribution in [0.15, 0.2) is 91.2 Å². The highest BCUT2D eigenvalue weighted by Gasteiger charge is 2.44.